The minimum atomic E-state index is -0.457. The van der Waals surface area contributed by atoms with E-state index >= 15 is 0 Å². The smallest absolute Gasteiger partial charge is 0.353 e. The van der Waals surface area contributed by atoms with Crippen molar-refractivity contribution in [3.63, 3.8) is 0 Å². The lowest BCUT2D eigenvalue weighted by Crippen LogP contribution is -2.06. The zero-order chi connectivity index (χ0) is 21.9. The third kappa shape index (κ3) is 6.84. The second-order valence-corrected chi connectivity index (χ2v) is 8.14. The summed E-state index contributed by atoms with van der Waals surface area (Å²) in [5, 5.41) is 8.87. The van der Waals surface area contributed by atoms with Gasteiger partial charge in [-0.2, -0.15) is 5.26 Å². The van der Waals surface area contributed by atoms with E-state index in [2.05, 4.69) is 6.58 Å². The van der Waals surface area contributed by atoms with E-state index in [1.807, 2.05) is 48.5 Å². The van der Waals surface area contributed by atoms with Crippen molar-refractivity contribution in [2.24, 2.45) is 0 Å². The van der Waals surface area contributed by atoms with Crippen LogP contribution in [0.4, 0.5) is 0 Å². The van der Waals surface area contributed by atoms with Crippen LogP contribution < -0.4 is 9.47 Å². The average molecular weight is 432 g/mol. The highest BCUT2D eigenvalue weighted by Crippen LogP contribution is 2.26. The number of allylic oxidation sites excluding steroid dienone is 1. The van der Waals surface area contributed by atoms with Gasteiger partial charge >= 0.3 is 5.97 Å². The largest absolute Gasteiger partial charge is 0.494 e. The molecule has 158 valence electrons. The molecule has 0 aliphatic heterocycles. The van der Waals surface area contributed by atoms with E-state index in [-0.39, 0.29) is 0 Å². The third-order valence-electron chi connectivity index (χ3n) is 4.74. The molecule has 4 nitrogen and oxygen atoms in total. The summed E-state index contributed by atoms with van der Waals surface area (Å²) in [6.45, 7) is 4.47. The predicted molar refractivity (Wildman–Crippen MR) is 125 cm³/mol. The summed E-state index contributed by atoms with van der Waals surface area (Å²) in [7, 11) is 0. The van der Waals surface area contributed by atoms with Gasteiger partial charge in [0.15, 0.2) is 0 Å². The molecule has 0 amide bonds. The Morgan fingerprint density at radius 1 is 0.903 bits per heavy atom. The van der Waals surface area contributed by atoms with Gasteiger partial charge in [-0.3, -0.25) is 0 Å². The van der Waals surface area contributed by atoms with E-state index in [4.69, 9.17) is 14.7 Å². The third-order valence-corrected chi connectivity index (χ3v) is 5.71. The molecule has 0 saturated carbocycles. The molecule has 0 saturated heterocycles. The molecule has 3 rings (SSSR count). The summed E-state index contributed by atoms with van der Waals surface area (Å²) in [5.41, 5.74) is 2.09. The van der Waals surface area contributed by atoms with Crippen LogP contribution in [-0.4, -0.2) is 12.6 Å². The number of benzene rings is 2. The quantitative estimate of drug-likeness (QED) is 0.142. The molecule has 0 aliphatic carbocycles. The fourth-order valence-electron chi connectivity index (χ4n) is 3.06. The SMILES string of the molecule is C=CCCCCCCOc1ccc(-c2ccc(OC(=O)c3ccc(C#N)s3)cc2)cc1. The van der Waals surface area contributed by atoms with Gasteiger partial charge in [0, 0.05) is 0 Å². The van der Waals surface area contributed by atoms with E-state index in [0.717, 1.165) is 47.7 Å². The Balaban J connectivity index is 1.48. The first-order valence-corrected chi connectivity index (χ1v) is 11.2. The summed E-state index contributed by atoms with van der Waals surface area (Å²) < 4.78 is 11.2. The van der Waals surface area contributed by atoms with Gasteiger partial charge in [-0.05, 0) is 66.8 Å². The van der Waals surface area contributed by atoms with Crippen molar-refractivity contribution >= 4 is 17.3 Å². The van der Waals surface area contributed by atoms with Gasteiger partial charge in [0.2, 0.25) is 0 Å². The van der Waals surface area contributed by atoms with E-state index in [1.165, 1.54) is 19.3 Å². The summed E-state index contributed by atoms with van der Waals surface area (Å²) >= 11 is 1.12. The average Bonchev–Trinajstić information content (AvgIpc) is 3.29. The topological polar surface area (TPSA) is 59.3 Å². The van der Waals surface area contributed by atoms with Crippen molar-refractivity contribution < 1.29 is 14.3 Å². The first-order chi connectivity index (χ1) is 15.2. The molecule has 0 unspecified atom stereocenters. The van der Waals surface area contributed by atoms with Crippen molar-refractivity contribution in [2.75, 3.05) is 6.61 Å². The second kappa shape index (κ2) is 11.7. The van der Waals surface area contributed by atoms with Crippen LogP contribution in [0.3, 0.4) is 0 Å². The molecule has 1 heterocycles. The van der Waals surface area contributed by atoms with Crippen molar-refractivity contribution in [3.05, 3.63) is 83.1 Å². The number of hydrogen-bond acceptors (Lipinski definition) is 5. The van der Waals surface area contributed by atoms with Crippen molar-refractivity contribution in [3.8, 4) is 28.7 Å². The zero-order valence-corrected chi connectivity index (χ0v) is 18.2. The summed E-state index contributed by atoms with van der Waals surface area (Å²) in [6, 6.07) is 20.6. The van der Waals surface area contributed by atoms with Crippen molar-refractivity contribution in [2.45, 2.75) is 32.1 Å². The van der Waals surface area contributed by atoms with Crippen LogP contribution in [0.15, 0.2) is 73.3 Å². The van der Waals surface area contributed by atoms with E-state index in [1.54, 1.807) is 24.3 Å². The molecule has 5 heteroatoms. The molecule has 0 spiro atoms. The number of unbranched alkanes of at least 4 members (excludes halogenated alkanes) is 4. The monoisotopic (exact) mass is 431 g/mol. The molecule has 1 aromatic heterocycles. The van der Waals surface area contributed by atoms with Gasteiger partial charge in [-0.1, -0.05) is 43.2 Å². The Hall–Kier alpha value is -3.36. The zero-order valence-electron chi connectivity index (χ0n) is 17.4. The number of carbonyl (C=O) groups excluding carboxylic acids is 1. The van der Waals surface area contributed by atoms with Gasteiger partial charge in [-0.25, -0.2) is 4.79 Å². The Bertz CT molecular complexity index is 1030. The minimum Gasteiger partial charge on any atom is -0.494 e. The van der Waals surface area contributed by atoms with Gasteiger partial charge in [0.25, 0.3) is 0 Å². The Labute approximate surface area is 187 Å². The van der Waals surface area contributed by atoms with Gasteiger partial charge < -0.3 is 9.47 Å². The fraction of sp³-hybridized carbons (Fsp3) is 0.231. The van der Waals surface area contributed by atoms with Gasteiger partial charge in [0.05, 0.1) is 6.61 Å². The maximum Gasteiger partial charge on any atom is 0.353 e. The van der Waals surface area contributed by atoms with E-state index in [0.29, 0.717) is 15.5 Å². The number of carbonyl (C=O) groups is 1. The number of esters is 1. The molecule has 31 heavy (non-hydrogen) atoms. The molecule has 3 aromatic rings. The Morgan fingerprint density at radius 3 is 2.16 bits per heavy atom. The van der Waals surface area contributed by atoms with Crippen LogP contribution in [0.1, 0.15) is 46.7 Å². The molecule has 0 bridgehead atoms. The normalized spacial score (nSPS) is 10.3. The highest BCUT2D eigenvalue weighted by Gasteiger charge is 2.12. The lowest BCUT2D eigenvalue weighted by molar-refractivity contribution is 0.0740. The van der Waals surface area contributed by atoms with E-state index in [9.17, 15) is 4.79 Å². The van der Waals surface area contributed by atoms with Gasteiger partial charge in [0.1, 0.15) is 27.3 Å². The number of ether oxygens (including phenoxy) is 2. The number of thiophene rings is 1. The maximum atomic E-state index is 12.2. The lowest BCUT2D eigenvalue weighted by Gasteiger charge is -2.08. The van der Waals surface area contributed by atoms with Crippen LogP contribution in [0.25, 0.3) is 11.1 Å². The summed E-state index contributed by atoms with van der Waals surface area (Å²) in [6.07, 6.45) is 7.70. The number of nitriles is 1. The summed E-state index contributed by atoms with van der Waals surface area (Å²) in [4.78, 5) is 13.1. The first-order valence-electron chi connectivity index (χ1n) is 10.4. The lowest BCUT2D eigenvalue weighted by atomic mass is 10.1. The maximum absolute atomic E-state index is 12.2. The predicted octanol–water partition coefficient (Wildman–Crippen LogP) is 7.02. The number of nitrogens with zero attached hydrogens (tertiary/aromatic N) is 1. The molecule has 0 atom stereocenters. The molecule has 0 radical (unpaired) electrons. The second-order valence-electron chi connectivity index (χ2n) is 7.05. The molecular formula is C26H25NO3S. The highest BCUT2D eigenvalue weighted by molar-refractivity contribution is 7.14. The molecule has 0 N–H and O–H groups in total. The van der Waals surface area contributed by atoms with Crippen LogP contribution in [0.5, 0.6) is 11.5 Å². The highest BCUT2D eigenvalue weighted by atomic mass is 32.1. The van der Waals surface area contributed by atoms with E-state index < -0.39 is 5.97 Å². The number of hydrogen-bond donors (Lipinski definition) is 0. The molecular weight excluding hydrogens is 406 g/mol. The molecule has 0 aliphatic rings. The number of rotatable bonds is 11. The molecule has 2 aromatic carbocycles. The summed E-state index contributed by atoms with van der Waals surface area (Å²) in [5.74, 6) is 0.878. The van der Waals surface area contributed by atoms with Crippen LogP contribution in [0.2, 0.25) is 0 Å². The van der Waals surface area contributed by atoms with Crippen molar-refractivity contribution in [1.82, 2.24) is 0 Å². The Morgan fingerprint density at radius 2 is 1.55 bits per heavy atom. The van der Waals surface area contributed by atoms with Crippen LogP contribution in [-0.2, 0) is 0 Å². The van der Waals surface area contributed by atoms with Crippen molar-refractivity contribution in [1.29, 1.82) is 5.26 Å². The fourth-order valence-corrected chi connectivity index (χ4v) is 3.74. The Kier molecular flexibility index (Phi) is 8.45. The first kappa shape index (κ1) is 22.3. The minimum absolute atomic E-state index is 0.410. The molecule has 0 fully saturated rings. The van der Waals surface area contributed by atoms with Crippen LogP contribution in [0, 0.1) is 11.3 Å². The van der Waals surface area contributed by atoms with Crippen LogP contribution >= 0.6 is 11.3 Å². The van der Waals surface area contributed by atoms with Gasteiger partial charge in [-0.15, -0.1) is 17.9 Å². The standard InChI is InChI=1S/C26H25NO3S/c1-2-3-4-5-6-7-18-29-22-12-8-20(9-13-22)21-10-14-23(15-11-21)30-26(28)25-17-16-24(19-27)31-25/h2,8-17H,1,3-7,18H2.